The Labute approximate surface area is 102 Å². The minimum Gasteiger partial charge on any atom is -0.350 e. The molecule has 1 atom stereocenters. The van der Waals surface area contributed by atoms with Crippen molar-refractivity contribution in [2.75, 3.05) is 6.54 Å². The number of hydrogen-bond acceptors (Lipinski definition) is 2. The summed E-state index contributed by atoms with van der Waals surface area (Å²) in [5.41, 5.74) is 5.85. The molecule has 1 aliphatic carbocycles. The van der Waals surface area contributed by atoms with E-state index >= 15 is 0 Å². The Morgan fingerprint density at radius 1 is 1.44 bits per heavy atom. The van der Waals surface area contributed by atoms with E-state index in [0.29, 0.717) is 17.5 Å². The molecular weight excluding hydrogens is 224 g/mol. The Kier molecular flexibility index (Phi) is 5.85. The molecule has 92 valence electrons. The first-order valence-electron chi connectivity index (χ1n) is 5.96. The molecule has 0 spiro atoms. The number of hydrogen-bond donors (Lipinski definition) is 2. The van der Waals surface area contributed by atoms with Crippen LogP contribution in [0.1, 0.15) is 38.5 Å². The van der Waals surface area contributed by atoms with Crippen LogP contribution >= 0.6 is 11.6 Å². The maximum Gasteiger partial charge on any atom is 0.237 e. The standard InChI is InChI=1S/C12H21ClN2O/c1-9(13)8-15-12(16)11(14)7-10-5-3-2-4-6-10/h10-11H,1-8,14H2,(H,15,16). The molecule has 0 bridgehead atoms. The van der Waals surface area contributed by atoms with Gasteiger partial charge in [0.25, 0.3) is 0 Å². The van der Waals surface area contributed by atoms with Gasteiger partial charge in [-0.1, -0.05) is 50.3 Å². The van der Waals surface area contributed by atoms with Crippen molar-refractivity contribution in [1.82, 2.24) is 5.32 Å². The van der Waals surface area contributed by atoms with Crippen LogP contribution in [0.4, 0.5) is 0 Å². The first-order valence-corrected chi connectivity index (χ1v) is 6.34. The normalized spacial score (nSPS) is 19.1. The van der Waals surface area contributed by atoms with Gasteiger partial charge in [0, 0.05) is 5.03 Å². The summed E-state index contributed by atoms with van der Waals surface area (Å²) in [6, 6.07) is -0.404. The highest BCUT2D eigenvalue weighted by atomic mass is 35.5. The van der Waals surface area contributed by atoms with Crippen molar-refractivity contribution in [1.29, 1.82) is 0 Å². The Morgan fingerprint density at radius 2 is 2.06 bits per heavy atom. The Balaban J connectivity index is 2.24. The molecule has 0 heterocycles. The van der Waals surface area contributed by atoms with E-state index in [1.54, 1.807) is 0 Å². The second kappa shape index (κ2) is 6.92. The molecule has 1 saturated carbocycles. The minimum absolute atomic E-state index is 0.118. The van der Waals surface area contributed by atoms with Gasteiger partial charge in [-0.2, -0.15) is 0 Å². The van der Waals surface area contributed by atoms with Gasteiger partial charge in [-0.15, -0.1) is 0 Å². The Morgan fingerprint density at radius 3 is 2.62 bits per heavy atom. The van der Waals surface area contributed by atoms with Gasteiger partial charge >= 0.3 is 0 Å². The lowest BCUT2D eigenvalue weighted by atomic mass is 9.85. The predicted molar refractivity (Wildman–Crippen MR) is 67.2 cm³/mol. The topological polar surface area (TPSA) is 55.1 Å². The maximum absolute atomic E-state index is 11.6. The van der Waals surface area contributed by atoms with Crippen molar-refractivity contribution in [3.05, 3.63) is 11.6 Å². The van der Waals surface area contributed by atoms with Crippen LogP contribution in [0.15, 0.2) is 11.6 Å². The summed E-state index contributed by atoms with van der Waals surface area (Å²) in [5.74, 6) is 0.501. The summed E-state index contributed by atoms with van der Waals surface area (Å²) in [5, 5.41) is 3.10. The lowest BCUT2D eigenvalue weighted by Crippen LogP contribution is -2.42. The van der Waals surface area contributed by atoms with Gasteiger partial charge in [-0.3, -0.25) is 4.79 Å². The predicted octanol–water partition coefficient (Wildman–Crippen LogP) is 2.15. The summed E-state index contributed by atoms with van der Waals surface area (Å²) in [6.07, 6.45) is 7.09. The third-order valence-electron chi connectivity index (χ3n) is 3.10. The van der Waals surface area contributed by atoms with Crippen molar-refractivity contribution in [2.24, 2.45) is 11.7 Å². The van der Waals surface area contributed by atoms with Crippen LogP contribution in [0, 0.1) is 5.92 Å². The zero-order valence-corrected chi connectivity index (χ0v) is 10.4. The van der Waals surface area contributed by atoms with Crippen molar-refractivity contribution in [3.8, 4) is 0 Å². The quantitative estimate of drug-likeness (QED) is 0.779. The zero-order valence-electron chi connectivity index (χ0n) is 9.68. The average molecular weight is 245 g/mol. The van der Waals surface area contributed by atoms with Crippen molar-refractivity contribution in [2.45, 2.75) is 44.6 Å². The third kappa shape index (κ3) is 4.99. The number of nitrogens with one attached hydrogen (secondary N) is 1. The molecule has 0 aromatic carbocycles. The summed E-state index contributed by atoms with van der Waals surface area (Å²) in [7, 11) is 0. The number of carbonyl (C=O) groups excluding carboxylic acids is 1. The molecule has 0 radical (unpaired) electrons. The van der Waals surface area contributed by atoms with Crippen LogP contribution in [-0.2, 0) is 4.79 Å². The average Bonchev–Trinajstić information content (AvgIpc) is 2.27. The molecule has 0 aromatic rings. The number of nitrogens with two attached hydrogens (primary N) is 1. The molecule has 0 aliphatic heterocycles. The molecule has 3 nitrogen and oxygen atoms in total. The van der Waals surface area contributed by atoms with E-state index < -0.39 is 6.04 Å². The lowest BCUT2D eigenvalue weighted by molar-refractivity contribution is -0.122. The summed E-state index contributed by atoms with van der Waals surface area (Å²) in [4.78, 5) is 11.6. The van der Waals surface area contributed by atoms with Gasteiger partial charge in [0.2, 0.25) is 5.91 Å². The molecule has 1 amide bonds. The number of amides is 1. The monoisotopic (exact) mass is 244 g/mol. The molecule has 1 fully saturated rings. The summed E-state index contributed by atoms with van der Waals surface area (Å²) in [6.45, 7) is 3.82. The van der Waals surface area contributed by atoms with Crippen molar-refractivity contribution in [3.63, 3.8) is 0 Å². The summed E-state index contributed by atoms with van der Waals surface area (Å²) >= 11 is 5.57. The fraction of sp³-hybridized carbons (Fsp3) is 0.750. The second-order valence-electron chi connectivity index (χ2n) is 4.58. The van der Waals surface area contributed by atoms with E-state index in [-0.39, 0.29) is 5.91 Å². The number of carbonyl (C=O) groups is 1. The van der Waals surface area contributed by atoms with Crippen LogP contribution in [0.2, 0.25) is 0 Å². The van der Waals surface area contributed by atoms with E-state index in [2.05, 4.69) is 11.9 Å². The molecule has 0 aromatic heterocycles. The molecule has 0 saturated heterocycles. The maximum atomic E-state index is 11.6. The highest BCUT2D eigenvalue weighted by molar-refractivity contribution is 6.29. The highest BCUT2D eigenvalue weighted by Crippen LogP contribution is 2.26. The first-order chi connectivity index (χ1) is 7.59. The van der Waals surface area contributed by atoms with Crippen LogP contribution in [-0.4, -0.2) is 18.5 Å². The van der Waals surface area contributed by atoms with Crippen LogP contribution < -0.4 is 11.1 Å². The minimum atomic E-state index is -0.404. The first kappa shape index (κ1) is 13.5. The Bertz CT molecular complexity index is 249. The Hall–Kier alpha value is -0.540. The molecule has 1 rings (SSSR count). The molecular formula is C12H21ClN2O. The van der Waals surface area contributed by atoms with Crippen LogP contribution in [0.3, 0.4) is 0 Å². The third-order valence-corrected chi connectivity index (χ3v) is 3.24. The number of rotatable bonds is 5. The van der Waals surface area contributed by atoms with Gasteiger partial charge < -0.3 is 11.1 Å². The molecule has 1 aliphatic rings. The van der Waals surface area contributed by atoms with E-state index in [0.717, 1.165) is 6.42 Å². The van der Waals surface area contributed by atoms with Crippen LogP contribution in [0.25, 0.3) is 0 Å². The van der Waals surface area contributed by atoms with Gasteiger partial charge in [-0.05, 0) is 12.3 Å². The van der Waals surface area contributed by atoms with E-state index in [1.165, 1.54) is 32.1 Å². The van der Waals surface area contributed by atoms with Gasteiger partial charge in [0.1, 0.15) is 0 Å². The molecule has 4 heteroatoms. The fourth-order valence-electron chi connectivity index (χ4n) is 2.20. The smallest absolute Gasteiger partial charge is 0.237 e. The van der Waals surface area contributed by atoms with Crippen molar-refractivity contribution >= 4 is 17.5 Å². The molecule has 16 heavy (non-hydrogen) atoms. The SMILES string of the molecule is C=C(Cl)CNC(=O)C(N)CC1CCCCC1. The van der Waals surface area contributed by atoms with Gasteiger partial charge in [-0.25, -0.2) is 0 Å². The fourth-order valence-corrected chi connectivity index (χ4v) is 2.27. The molecule has 3 N–H and O–H groups in total. The van der Waals surface area contributed by atoms with Gasteiger partial charge in [0.15, 0.2) is 0 Å². The van der Waals surface area contributed by atoms with E-state index in [4.69, 9.17) is 17.3 Å². The lowest BCUT2D eigenvalue weighted by Gasteiger charge is -2.24. The second-order valence-corrected chi connectivity index (χ2v) is 5.12. The van der Waals surface area contributed by atoms with Gasteiger partial charge in [0.05, 0.1) is 12.6 Å². The van der Waals surface area contributed by atoms with Crippen LogP contribution in [0.5, 0.6) is 0 Å². The van der Waals surface area contributed by atoms with E-state index in [9.17, 15) is 4.79 Å². The highest BCUT2D eigenvalue weighted by Gasteiger charge is 2.20. The van der Waals surface area contributed by atoms with E-state index in [1.807, 2.05) is 0 Å². The number of halogens is 1. The largest absolute Gasteiger partial charge is 0.350 e. The molecule has 1 unspecified atom stereocenters. The summed E-state index contributed by atoms with van der Waals surface area (Å²) < 4.78 is 0. The zero-order chi connectivity index (χ0) is 12.0. The van der Waals surface area contributed by atoms with Crippen molar-refractivity contribution < 1.29 is 4.79 Å².